The number of nitrogens with one attached hydrogen (secondary N) is 1. The zero-order chi connectivity index (χ0) is 20.9. The second-order valence-corrected chi connectivity index (χ2v) is 8.39. The molecule has 1 amide bonds. The molecule has 5 heteroatoms. The Balaban J connectivity index is 1.36. The molecule has 0 aliphatic heterocycles. The summed E-state index contributed by atoms with van der Waals surface area (Å²) in [6.07, 6.45) is 8.55. The Labute approximate surface area is 178 Å². The van der Waals surface area contributed by atoms with Gasteiger partial charge in [0, 0.05) is 30.8 Å². The molecule has 0 saturated heterocycles. The number of carbonyl (C=O) groups is 1. The van der Waals surface area contributed by atoms with Crippen molar-refractivity contribution in [2.75, 3.05) is 20.1 Å². The predicted octanol–water partition coefficient (Wildman–Crippen LogP) is 4.39. The lowest BCUT2D eigenvalue weighted by atomic mass is 9.94. The van der Waals surface area contributed by atoms with Crippen LogP contribution in [-0.2, 0) is 11.3 Å². The highest BCUT2D eigenvalue weighted by Gasteiger charge is 2.17. The molecule has 5 nitrogen and oxygen atoms in total. The first kappa shape index (κ1) is 20.5. The molecule has 0 bridgehead atoms. The third kappa shape index (κ3) is 4.85. The van der Waals surface area contributed by atoms with E-state index in [1.54, 1.807) is 12.1 Å². The third-order valence-corrected chi connectivity index (χ3v) is 6.27. The van der Waals surface area contributed by atoms with Crippen LogP contribution in [0.3, 0.4) is 0 Å². The topological polar surface area (TPSA) is 57.5 Å². The number of benzene rings is 2. The largest absolute Gasteiger partial charge is 0.508 e. The zero-order valence-electron chi connectivity index (χ0n) is 17.7. The number of rotatable bonds is 7. The number of likely N-dealkylation sites (N-methyl/N-ethyl adjacent to an activating group) is 1. The van der Waals surface area contributed by atoms with Gasteiger partial charge in [-0.3, -0.25) is 4.79 Å². The quantitative estimate of drug-likeness (QED) is 0.613. The molecular formula is C25H31N3O2. The molecule has 0 atom stereocenters. The fourth-order valence-corrected chi connectivity index (χ4v) is 4.44. The number of nitrogens with zero attached hydrogens (tertiary/aromatic N) is 2. The highest BCUT2D eigenvalue weighted by Crippen LogP contribution is 2.26. The van der Waals surface area contributed by atoms with E-state index in [1.165, 1.54) is 32.1 Å². The van der Waals surface area contributed by atoms with Crippen LogP contribution >= 0.6 is 0 Å². The summed E-state index contributed by atoms with van der Waals surface area (Å²) >= 11 is 0. The summed E-state index contributed by atoms with van der Waals surface area (Å²) in [6.45, 7) is 1.90. The van der Waals surface area contributed by atoms with Crippen molar-refractivity contribution in [2.45, 2.75) is 44.7 Å². The Kier molecular flexibility index (Phi) is 6.38. The summed E-state index contributed by atoms with van der Waals surface area (Å²) in [4.78, 5) is 14.9. The van der Waals surface area contributed by atoms with Crippen LogP contribution in [0.5, 0.6) is 5.75 Å². The minimum absolute atomic E-state index is 0.0413. The second-order valence-electron chi connectivity index (χ2n) is 8.39. The van der Waals surface area contributed by atoms with Gasteiger partial charge >= 0.3 is 0 Å². The van der Waals surface area contributed by atoms with Crippen LogP contribution in [-0.4, -0.2) is 46.7 Å². The van der Waals surface area contributed by atoms with E-state index in [9.17, 15) is 9.90 Å². The molecule has 158 valence electrons. The molecule has 0 unspecified atom stereocenters. The molecule has 1 saturated carbocycles. The first-order valence-corrected chi connectivity index (χ1v) is 11.0. The van der Waals surface area contributed by atoms with E-state index in [2.05, 4.69) is 35.5 Å². The fourth-order valence-electron chi connectivity index (χ4n) is 4.44. The van der Waals surface area contributed by atoms with E-state index >= 15 is 0 Å². The Morgan fingerprint density at radius 3 is 2.57 bits per heavy atom. The molecular weight excluding hydrogens is 374 g/mol. The molecule has 0 spiro atoms. The maximum Gasteiger partial charge on any atom is 0.239 e. The van der Waals surface area contributed by atoms with E-state index in [4.69, 9.17) is 0 Å². The van der Waals surface area contributed by atoms with Crippen LogP contribution in [0, 0.1) is 0 Å². The van der Waals surface area contributed by atoms with E-state index in [0.717, 1.165) is 28.6 Å². The number of phenolic OH excluding ortho intramolecular Hbond substituents is 1. The van der Waals surface area contributed by atoms with Crippen LogP contribution in [0.25, 0.3) is 22.0 Å². The molecule has 1 aromatic heterocycles. The minimum Gasteiger partial charge on any atom is -0.508 e. The van der Waals surface area contributed by atoms with Crippen molar-refractivity contribution in [1.29, 1.82) is 0 Å². The summed E-state index contributed by atoms with van der Waals surface area (Å²) in [7, 11) is 2.17. The van der Waals surface area contributed by atoms with Crippen molar-refractivity contribution < 1.29 is 9.90 Å². The van der Waals surface area contributed by atoms with Gasteiger partial charge in [-0.05, 0) is 60.7 Å². The van der Waals surface area contributed by atoms with Gasteiger partial charge in [0.25, 0.3) is 0 Å². The van der Waals surface area contributed by atoms with E-state index in [-0.39, 0.29) is 11.7 Å². The van der Waals surface area contributed by atoms with Gasteiger partial charge in [-0.2, -0.15) is 0 Å². The molecule has 0 radical (unpaired) electrons. The van der Waals surface area contributed by atoms with Gasteiger partial charge in [-0.25, -0.2) is 0 Å². The lowest BCUT2D eigenvalue weighted by Gasteiger charge is -2.31. The summed E-state index contributed by atoms with van der Waals surface area (Å²) in [5, 5.41) is 13.7. The maximum atomic E-state index is 12.5. The van der Waals surface area contributed by atoms with Crippen molar-refractivity contribution >= 4 is 16.8 Å². The highest BCUT2D eigenvalue weighted by molar-refractivity contribution is 5.87. The van der Waals surface area contributed by atoms with Crippen molar-refractivity contribution in [3.8, 4) is 16.9 Å². The van der Waals surface area contributed by atoms with Crippen LogP contribution < -0.4 is 5.32 Å². The molecule has 1 aliphatic carbocycles. The monoisotopic (exact) mass is 405 g/mol. The van der Waals surface area contributed by atoms with Crippen molar-refractivity contribution in [3.63, 3.8) is 0 Å². The number of hydrogen-bond acceptors (Lipinski definition) is 3. The number of phenols is 1. The summed E-state index contributed by atoms with van der Waals surface area (Å²) in [6, 6.07) is 16.1. The lowest BCUT2D eigenvalue weighted by molar-refractivity contribution is -0.121. The first-order chi connectivity index (χ1) is 14.6. The molecule has 2 N–H and O–H groups in total. The average Bonchev–Trinajstić information content (AvgIpc) is 3.16. The zero-order valence-corrected chi connectivity index (χ0v) is 17.7. The summed E-state index contributed by atoms with van der Waals surface area (Å²) < 4.78 is 2.00. The van der Waals surface area contributed by atoms with Crippen LogP contribution in [0.4, 0.5) is 0 Å². The number of fused-ring (bicyclic) bond motifs is 1. The Morgan fingerprint density at radius 1 is 1.07 bits per heavy atom. The van der Waals surface area contributed by atoms with E-state index in [1.807, 2.05) is 29.0 Å². The number of aromatic hydroxyl groups is 1. The molecule has 1 aliphatic rings. The molecule has 2 aromatic carbocycles. The van der Waals surface area contributed by atoms with Gasteiger partial charge in [-0.1, -0.05) is 43.5 Å². The highest BCUT2D eigenvalue weighted by atomic mass is 16.3. The molecule has 30 heavy (non-hydrogen) atoms. The Hall–Kier alpha value is -2.79. The average molecular weight is 406 g/mol. The van der Waals surface area contributed by atoms with E-state index in [0.29, 0.717) is 19.1 Å². The third-order valence-electron chi connectivity index (χ3n) is 6.27. The summed E-state index contributed by atoms with van der Waals surface area (Å²) in [5.74, 6) is 0.300. The number of carbonyl (C=O) groups excluding carboxylic acids is 1. The lowest BCUT2D eigenvalue weighted by Crippen LogP contribution is -2.40. The van der Waals surface area contributed by atoms with Gasteiger partial charge < -0.3 is 19.9 Å². The van der Waals surface area contributed by atoms with Gasteiger partial charge in [0.05, 0.1) is 0 Å². The van der Waals surface area contributed by atoms with Crippen LogP contribution in [0.2, 0.25) is 0 Å². The minimum atomic E-state index is 0.0413. The van der Waals surface area contributed by atoms with E-state index < -0.39 is 0 Å². The molecule has 1 heterocycles. The predicted molar refractivity (Wildman–Crippen MR) is 122 cm³/mol. The van der Waals surface area contributed by atoms with Crippen LogP contribution in [0.1, 0.15) is 32.1 Å². The molecule has 3 aromatic rings. The normalized spacial score (nSPS) is 15.0. The van der Waals surface area contributed by atoms with Crippen molar-refractivity contribution in [3.05, 3.63) is 54.7 Å². The molecule has 1 fully saturated rings. The standard InChI is InChI=1S/C25H31N3O2/c1-27(22-5-3-2-4-6-22)16-14-26-25(30)18-28-15-13-20-7-8-21(17-24(20)28)19-9-11-23(29)12-10-19/h7-13,15,17,22,29H,2-6,14,16,18H2,1H3,(H,26,30). The van der Waals surface area contributed by atoms with Gasteiger partial charge in [0.2, 0.25) is 5.91 Å². The number of aromatic nitrogens is 1. The Bertz CT molecular complexity index is 987. The van der Waals surface area contributed by atoms with Crippen molar-refractivity contribution in [2.24, 2.45) is 0 Å². The fraction of sp³-hybridized carbons (Fsp3) is 0.400. The van der Waals surface area contributed by atoms with Crippen molar-refractivity contribution in [1.82, 2.24) is 14.8 Å². The Morgan fingerprint density at radius 2 is 1.80 bits per heavy atom. The maximum absolute atomic E-state index is 12.5. The molecule has 4 rings (SSSR count). The first-order valence-electron chi connectivity index (χ1n) is 11.0. The SMILES string of the molecule is CN(CCNC(=O)Cn1ccc2ccc(-c3ccc(O)cc3)cc21)C1CCCCC1. The van der Waals surface area contributed by atoms with Gasteiger partial charge in [0.15, 0.2) is 0 Å². The van der Waals surface area contributed by atoms with Gasteiger partial charge in [0.1, 0.15) is 12.3 Å². The van der Waals surface area contributed by atoms with Gasteiger partial charge in [-0.15, -0.1) is 0 Å². The second kappa shape index (κ2) is 9.35. The number of amides is 1. The number of hydrogen-bond donors (Lipinski definition) is 2. The van der Waals surface area contributed by atoms with Crippen LogP contribution in [0.15, 0.2) is 54.7 Å². The smallest absolute Gasteiger partial charge is 0.239 e. The summed E-state index contributed by atoms with van der Waals surface area (Å²) in [5.41, 5.74) is 3.14.